The number of para-hydroxylation sites is 1. The summed E-state index contributed by atoms with van der Waals surface area (Å²) in [7, 11) is 0. The van der Waals surface area contributed by atoms with E-state index in [1.807, 2.05) is 46.8 Å². The number of amides is 1. The number of fused-ring (bicyclic) bond motifs is 1. The Kier molecular flexibility index (Phi) is 3.41. The van der Waals surface area contributed by atoms with Crippen molar-refractivity contribution in [2.24, 2.45) is 0 Å². The Labute approximate surface area is 151 Å². The summed E-state index contributed by atoms with van der Waals surface area (Å²) < 4.78 is 4.01. The second-order valence-electron chi connectivity index (χ2n) is 7.01. The number of rotatable bonds is 3. The van der Waals surface area contributed by atoms with Crippen molar-refractivity contribution in [3.8, 4) is 5.69 Å². The molecule has 1 saturated carbocycles. The third-order valence-corrected chi connectivity index (χ3v) is 5.23. The van der Waals surface area contributed by atoms with E-state index >= 15 is 0 Å². The molecule has 0 radical (unpaired) electrons. The molecule has 3 heterocycles. The molecule has 132 valence electrons. The zero-order chi connectivity index (χ0) is 17.7. The third kappa shape index (κ3) is 2.42. The zero-order valence-corrected chi connectivity index (χ0v) is 14.7. The molecule has 0 unspecified atom stereocenters. The highest BCUT2D eigenvalue weighted by molar-refractivity contribution is 5.95. The molecule has 0 spiro atoms. The van der Waals surface area contributed by atoms with Crippen LogP contribution in [0.15, 0.2) is 36.5 Å². The lowest BCUT2D eigenvalue weighted by Crippen LogP contribution is -2.39. The van der Waals surface area contributed by atoms with Gasteiger partial charge in [0.1, 0.15) is 5.82 Å². The minimum atomic E-state index is 0.0426. The number of aryl methyl sites for hydroxylation is 1. The summed E-state index contributed by atoms with van der Waals surface area (Å²) >= 11 is 0. The molecule has 1 aliphatic carbocycles. The average molecular weight is 348 g/mol. The Bertz CT molecular complexity index is 969. The molecule has 0 N–H and O–H groups in total. The zero-order valence-electron chi connectivity index (χ0n) is 14.7. The topological polar surface area (TPSA) is 68.8 Å². The van der Waals surface area contributed by atoms with Crippen LogP contribution in [0.5, 0.6) is 0 Å². The van der Waals surface area contributed by atoms with Gasteiger partial charge in [-0.25, -0.2) is 4.68 Å². The second-order valence-corrected chi connectivity index (χ2v) is 7.01. The van der Waals surface area contributed by atoms with E-state index in [0.717, 1.165) is 48.0 Å². The predicted octanol–water partition coefficient (Wildman–Crippen LogP) is 2.31. The maximum atomic E-state index is 13.2. The molecule has 3 aromatic rings. The summed E-state index contributed by atoms with van der Waals surface area (Å²) in [6.45, 7) is 3.86. The summed E-state index contributed by atoms with van der Waals surface area (Å²) in [5.41, 5.74) is 2.77. The number of aromatic nitrogens is 5. The largest absolute Gasteiger partial charge is 0.329 e. The van der Waals surface area contributed by atoms with E-state index in [4.69, 9.17) is 0 Å². The molecule has 2 aromatic heterocycles. The number of nitrogens with zero attached hydrogens (tertiary/aromatic N) is 6. The first kappa shape index (κ1) is 15.3. The molecule has 26 heavy (non-hydrogen) atoms. The molecule has 1 fully saturated rings. The van der Waals surface area contributed by atoms with E-state index in [2.05, 4.69) is 19.9 Å². The van der Waals surface area contributed by atoms with Gasteiger partial charge in [-0.05, 0) is 31.9 Å². The van der Waals surface area contributed by atoms with E-state index in [0.29, 0.717) is 19.0 Å². The van der Waals surface area contributed by atoms with Crippen LogP contribution >= 0.6 is 0 Å². The Morgan fingerprint density at radius 3 is 2.69 bits per heavy atom. The summed E-state index contributed by atoms with van der Waals surface area (Å²) in [6, 6.07) is 10.0. The van der Waals surface area contributed by atoms with Crippen molar-refractivity contribution in [1.82, 2.24) is 29.4 Å². The second kappa shape index (κ2) is 5.79. The van der Waals surface area contributed by atoms with Crippen molar-refractivity contribution in [2.75, 3.05) is 6.54 Å². The first-order chi connectivity index (χ1) is 12.7. The van der Waals surface area contributed by atoms with Crippen molar-refractivity contribution < 1.29 is 4.79 Å². The molecular weight excluding hydrogens is 328 g/mol. The maximum absolute atomic E-state index is 13.2. The molecule has 1 aromatic carbocycles. The fraction of sp³-hybridized carbons (Fsp3) is 0.368. The fourth-order valence-electron chi connectivity index (χ4n) is 3.69. The average Bonchev–Trinajstić information content (AvgIpc) is 3.32. The van der Waals surface area contributed by atoms with Crippen LogP contribution in [0.3, 0.4) is 0 Å². The normalized spacial score (nSPS) is 16.6. The number of carbonyl (C=O) groups is 1. The van der Waals surface area contributed by atoms with Gasteiger partial charge in [-0.1, -0.05) is 18.2 Å². The van der Waals surface area contributed by atoms with Gasteiger partial charge in [0.25, 0.3) is 5.91 Å². The van der Waals surface area contributed by atoms with Gasteiger partial charge in [-0.2, -0.15) is 5.10 Å². The minimum Gasteiger partial charge on any atom is -0.329 e. The van der Waals surface area contributed by atoms with Gasteiger partial charge in [-0.15, -0.1) is 10.2 Å². The maximum Gasteiger partial charge on any atom is 0.257 e. The van der Waals surface area contributed by atoms with Crippen LogP contribution in [0.25, 0.3) is 5.69 Å². The highest BCUT2D eigenvalue weighted by Gasteiger charge is 2.35. The Hall–Kier alpha value is -2.96. The van der Waals surface area contributed by atoms with Gasteiger partial charge in [0.2, 0.25) is 0 Å². The van der Waals surface area contributed by atoms with Crippen molar-refractivity contribution in [1.29, 1.82) is 0 Å². The molecule has 0 bridgehead atoms. The van der Waals surface area contributed by atoms with Crippen LogP contribution in [0.2, 0.25) is 0 Å². The lowest BCUT2D eigenvalue weighted by Gasteiger charge is -2.27. The standard InChI is InChI=1S/C19H20N6O/c1-13-21-22-17-12-23(9-10-24(13)17)19(26)16-11-20-25(18(16)14-7-8-14)15-5-3-2-4-6-15/h2-6,11,14H,7-10,12H2,1H3. The third-order valence-electron chi connectivity index (χ3n) is 5.23. The summed E-state index contributed by atoms with van der Waals surface area (Å²) in [5.74, 6) is 2.22. The van der Waals surface area contributed by atoms with Crippen LogP contribution in [-0.4, -0.2) is 41.9 Å². The van der Waals surface area contributed by atoms with Crippen molar-refractivity contribution in [2.45, 2.75) is 38.8 Å². The van der Waals surface area contributed by atoms with Crippen LogP contribution in [0.1, 0.15) is 46.5 Å². The molecule has 1 amide bonds. The van der Waals surface area contributed by atoms with E-state index in [1.165, 1.54) is 0 Å². The van der Waals surface area contributed by atoms with Gasteiger partial charge in [0.15, 0.2) is 5.82 Å². The summed E-state index contributed by atoms with van der Waals surface area (Å²) in [5, 5.41) is 12.9. The monoisotopic (exact) mass is 348 g/mol. The Morgan fingerprint density at radius 2 is 1.92 bits per heavy atom. The van der Waals surface area contributed by atoms with Crippen LogP contribution < -0.4 is 0 Å². The van der Waals surface area contributed by atoms with Crippen molar-refractivity contribution in [3.05, 3.63) is 59.4 Å². The quantitative estimate of drug-likeness (QED) is 0.728. The van der Waals surface area contributed by atoms with E-state index < -0.39 is 0 Å². The highest BCUT2D eigenvalue weighted by atomic mass is 16.2. The number of benzene rings is 1. The molecule has 7 nitrogen and oxygen atoms in total. The van der Waals surface area contributed by atoms with Gasteiger partial charge >= 0.3 is 0 Å². The first-order valence-electron chi connectivity index (χ1n) is 9.03. The van der Waals surface area contributed by atoms with Gasteiger partial charge in [0, 0.05) is 19.0 Å². The van der Waals surface area contributed by atoms with Gasteiger partial charge in [-0.3, -0.25) is 4.79 Å². The molecule has 1 aliphatic heterocycles. The predicted molar refractivity (Wildman–Crippen MR) is 95.0 cm³/mol. The number of hydrogen-bond acceptors (Lipinski definition) is 4. The van der Waals surface area contributed by atoms with E-state index in [-0.39, 0.29) is 5.91 Å². The Morgan fingerprint density at radius 1 is 1.12 bits per heavy atom. The van der Waals surface area contributed by atoms with E-state index in [9.17, 15) is 4.79 Å². The first-order valence-corrected chi connectivity index (χ1v) is 9.03. The molecule has 2 aliphatic rings. The fourth-order valence-corrected chi connectivity index (χ4v) is 3.69. The van der Waals surface area contributed by atoms with Crippen LogP contribution in [0, 0.1) is 6.92 Å². The summed E-state index contributed by atoms with van der Waals surface area (Å²) in [4.78, 5) is 15.1. The minimum absolute atomic E-state index is 0.0426. The van der Waals surface area contributed by atoms with Crippen molar-refractivity contribution >= 4 is 5.91 Å². The Balaban J connectivity index is 1.49. The van der Waals surface area contributed by atoms with Crippen LogP contribution in [-0.2, 0) is 13.1 Å². The smallest absolute Gasteiger partial charge is 0.257 e. The van der Waals surface area contributed by atoms with Crippen LogP contribution in [0.4, 0.5) is 0 Å². The molecule has 0 saturated heterocycles. The number of carbonyl (C=O) groups excluding carboxylic acids is 1. The lowest BCUT2D eigenvalue weighted by atomic mass is 10.1. The van der Waals surface area contributed by atoms with Crippen molar-refractivity contribution in [3.63, 3.8) is 0 Å². The van der Waals surface area contributed by atoms with Gasteiger partial charge in [0.05, 0.1) is 29.7 Å². The highest BCUT2D eigenvalue weighted by Crippen LogP contribution is 2.42. The molecule has 5 rings (SSSR count). The molecule has 7 heteroatoms. The molecular formula is C19H20N6O. The number of hydrogen-bond donors (Lipinski definition) is 0. The lowest BCUT2D eigenvalue weighted by molar-refractivity contribution is 0.0705. The SMILES string of the molecule is Cc1nnc2n1CCN(C(=O)c1cnn(-c3ccccc3)c1C1CC1)C2. The summed E-state index contributed by atoms with van der Waals surface area (Å²) in [6.07, 6.45) is 3.96. The van der Waals surface area contributed by atoms with E-state index in [1.54, 1.807) is 6.20 Å². The molecule has 0 atom stereocenters. The van der Waals surface area contributed by atoms with Gasteiger partial charge < -0.3 is 9.47 Å².